The van der Waals surface area contributed by atoms with Crippen molar-refractivity contribution in [1.82, 2.24) is 9.97 Å². The van der Waals surface area contributed by atoms with Gasteiger partial charge in [-0.3, -0.25) is 0 Å². The van der Waals surface area contributed by atoms with Crippen LogP contribution in [-0.4, -0.2) is 23.1 Å². The van der Waals surface area contributed by atoms with Crippen LogP contribution in [-0.2, 0) is 0 Å². The van der Waals surface area contributed by atoms with Crippen molar-refractivity contribution in [2.24, 2.45) is 5.73 Å². The number of H-pyrrole nitrogens is 2. The molecule has 16 heavy (non-hydrogen) atoms. The Morgan fingerprint density at radius 3 is 2.81 bits per heavy atom. The maximum atomic E-state index is 11.0. The van der Waals surface area contributed by atoms with E-state index in [4.69, 9.17) is 10.5 Å². The third-order valence-corrected chi connectivity index (χ3v) is 2.35. The Bertz CT molecular complexity index is 515. The summed E-state index contributed by atoms with van der Waals surface area (Å²) in [5.74, 6) is 0.764. The first-order chi connectivity index (χ1) is 7.79. The van der Waals surface area contributed by atoms with Gasteiger partial charge in [-0.05, 0) is 31.5 Å². The van der Waals surface area contributed by atoms with Gasteiger partial charge in [0.05, 0.1) is 17.6 Å². The van der Waals surface area contributed by atoms with Crippen molar-refractivity contribution in [2.75, 3.05) is 13.2 Å². The molecule has 86 valence electrons. The molecule has 0 radical (unpaired) electrons. The Balaban J connectivity index is 2.04. The molecule has 0 fully saturated rings. The van der Waals surface area contributed by atoms with E-state index >= 15 is 0 Å². The SMILES string of the molecule is NCCCCOc1ccc2[nH]c(=O)[nH]c2c1. The van der Waals surface area contributed by atoms with Crippen LogP contribution in [0.5, 0.6) is 5.75 Å². The molecule has 0 amide bonds. The van der Waals surface area contributed by atoms with Crippen molar-refractivity contribution in [3.8, 4) is 5.75 Å². The van der Waals surface area contributed by atoms with Gasteiger partial charge in [0.2, 0.25) is 0 Å². The van der Waals surface area contributed by atoms with Crippen LogP contribution in [0.25, 0.3) is 11.0 Å². The summed E-state index contributed by atoms with van der Waals surface area (Å²) in [4.78, 5) is 16.4. The van der Waals surface area contributed by atoms with E-state index in [1.54, 1.807) is 0 Å². The zero-order valence-corrected chi connectivity index (χ0v) is 8.95. The molecule has 0 aliphatic carbocycles. The van der Waals surface area contributed by atoms with Crippen molar-refractivity contribution in [1.29, 1.82) is 0 Å². The molecule has 1 heterocycles. The number of fused-ring (bicyclic) bond motifs is 1. The average molecular weight is 221 g/mol. The third kappa shape index (κ3) is 2.43. The van der Waals surface area contributed by atoms with E-state index in [9.17, 15) is 4.79 Å². The molecule has 0 unspecified atom stereocenters. The lowest BCUT2D eigenvalue weighted by Crippen LogP contribution is -2.03. The summed E-state index contributed by atoms with van der Waals surface area (Å²) in [7, 11) is 0. The molecule has 4 N–H and O–H groups in total. The number of rotatable bonds is 5. The number of unbranched alkanes of at least 4 members (excludes halogenated alkanes) is 1. The summed E-state index contributed by atoms with van der Waals surface area (Å²) >= 11 is 0. The van der Waals surface area contributed by atoms with Gasteiger partial charge in [-0.25, -0.2) is 4.79 Å². The monoisotopic (exact) mass is 221 g/mol. The zero-order valence-electron chi connectivity index (χ0n) is 8.95. The number of hydrogen-bond acceptors (Lipinski definition) is 3. The second kappa shape index (κ2) is 4.85. The maximum Gasteiger partial charge on any atom is 0.323 e. The summed E-state index contributed by atoms with van der Waals surface area (Å²) in [6.45, 7) is 1.34. The Hall–Kier alpha value is -1.75. The highest BCUT2D eigenvalue weighted by molar-refractivity contribution is 5.75. The Morgan fingerprint density at radius 1 is 1.19 bits per heavy atom. The normalized spacial score (nSPS) is 10.8. The predicted molar refractivity (Wildman–Crippen MR) is 62.7 cm³/mol. The first kappa shape index (κ1) is 10.8. The molecule has 0 aliphatic rings. The topological polar surface area (TPSA) is 83.9 Å². The van der Waals surface area contributed by atoms with Crippen LogP contribution in [0.4, 0.5) is 0 Å². The van der Waals surface area contributed by atoms with Crippen LogP contribution < -0.4 is 16.2 Å². The minimum Gasteiger partial charge on any atom is -0.494 e. The number of aromatic amines is 2. The van der Waals surface area contributed by atoms with Gasteiger partial charge in [0.15, 0.2) is 0 Å². The zero-order chi connectivity index (χ0) is 11.4. The quantitative estimate of drug-likeness (QED) is 0.658. The highest BCUT2D eigenvalue weighted by Gasteiger charge is 2.00. The van der Waals surface area contributed by atoms with Crippen molar-refractivity contribution < 1.29 is 4.74 Å². The third-order valence-electron chi connectivity index (χ3n) is 2.35. The van der Waals surface area contributed by atoms with E-state index < -0.39 is 0 Å². The van der Waals surface area contributed by atoms with Gasteiger partial charge < -0.3 is 20.4 Å². The molecular weight excluding hydrogens is 206 g/mol. The van der Waals surface area contributed by atoms with Crippen molar-refractivity contribution in [3.63, 3.8) is 0 Å². The fraction of sp³-hybridized carbons (Fsp3) is 0.364. The number of nitrogens with two attached hydrogens (primary N) is 1. The number of aromatic nitrogens is 2. The fourth-order valence-electron chi connectivity index (χ4n) is 1.54. The molecule has 5 heteroatoms. The Labute approximate surface area is 92.6 Å². The standard InChI is InChI=1S/C11H15N3O2/c12-5-1-2-6-16-8-3-4-9-10(7-8)14-11(15)13-9/h3-4,7H,1-2,5-6,12H2,(H2,13,14,15). The van der Waals surface area contributed by atoms with Crippen LogP contribution in [0.3, 0.4) is 0 Å². The van der Waals surface area contributed by atoms with Gasteiger partial charge in [-0.15, -0.1) is 0 Å². The minimum atomic E-state index is -0.199. The van der Waals surface area contributed by atoms with Crippen molar-refractivity contribution >= 4 is 11.0 Å². The van der Waals surface area contributed by atoms with Gasteiger partial charge in [-0.2, -0.15) is 0 Å². The van der Waals surface area contributed by atoms with E-state index in [1.165, 1.54) is 0 Å². The molecule has 0 bridgehead atoms. The average Bonchev–Trinajstić information content (AvgIpc) is 2.64. The molecular formula is C11H15N3O2. The molecule has 0 saturated carbocycles. The fourth-order valence-corrected chi connectivity index (χ4v) is 1.54. The molecule has 0 atom stereocenters. The van der Waals surface area contributed by atoms with Gasteiger partial charge in [0, 0.05) is 6.07 Å². The number of imidazole rings is 1. The number of benzene rings is 1. The lowest BCUT2D eigenvalue weighted by Gasteiger charge is -2.04. The Morgan fingerprint density at radius 2 is 2.00 bits per heavy atom. The van der Waals surface area contributed by atoms with E-state index in [0.29, 0.717) is 13.2 Å². The highest BCUT2D eigenvalue weighted by Crippen LogP contribution is 2.16. The summed E-state index contributed by atoms with van der Waals surface area (Å²) in [5.41, 5.74) is 6.74. The van der Waals surface area contributed by atoms with E-state index in [-0.39, 0.29) is 5.69 Å². The smallest absolute Gasteiger partial charge is 0.323 e. The largest absolute Gasteiger partial charge is 0.494 e. The van der Waals surface area contributed by atoms with Crippen LogP contribution in [0, 0.1) is 0 Å². The predicted octanol–water partition coefficient (Wildman–Crippen LogP) is 0.974. The summed E-state index contributed by atoms with van der Waals surface area (Å²) in [6.07, 6.45) is 1.90. The molecule has 0 spiro atoms. The Kier molecular flexibility index (Phi) is 3.26. The van der Waals surface area contributed by atoms with Gasteiger partial charge in [0.1, 0.15) is 5.75 Å². The molecule has 5 nitrogen and oxygen atoms in total. The van der Waals surface area contributed by atoms with Gasteiger partial charge in [0.25, 0.3) is 0 Å². The molecule has 0 aliphatic heterocycles. The molecule has 1 aromatic heterocycles. The van der Waals surface area contributed by atoms with E-state index in [1.807, 2.05) is 18.2 Å². The van der Waals surface area contributed by atoms with Crippen LogP contribution in [0.1, 0.15) is 12.8 Å². The lowest BCUT2D eigenvalue weighted by atomic mass is 10.3. The second-order valence-corrected chi connectivity index (χ2v) is 3.63. The van der Waals surface area contributed by atoms with Crippen molar-refractivity contribution in [3.05, 3.63) is 28.7 Å². The first-order valence-electron chi connectivity index (χ1n) is 5.34. The molecule has 2 rings (SSSR count). The van der Waals surface area contributed by atoms with Gasteiger partial charge in [-0.1, -0.05) is 0 Å². The number of hydrogen-bond donors (Lipinski definition) is 3. The van der Waals surface area contributed by atoms with E-state index in [2.05, 4.69) is 9.97 Å². The number of nitrogens with one attached hydrogen (secondary N) is 2. The van der Waals surface area contributed by atoms with Crippen LogP contribution >= 0.6 is 0 Å². The lowest BCUT2D eigenvalue weighted by molar-refractivity contribution is 0.308. The molecule has 1 aromatic carbocycles. The molecule has 0 saturated heterocycles. The second-order valence-electron chi connectivity index (χ2n) is 3.63. The minimum absolute atomic E-state index is 0.199. The van der Waals surface area contributed by atoms with Gasteiger partial charge >= 0.3 is 5.69 Å². The molecule has 2 aromatic rings. The summed E-state index contributed by atoms with van der Waals surface area (Å²) in [5, 5.41) is 0. The summed E-state index contributed by atoms with van der Waals surface area (Å²) < 4.78 is 5.53. The highest BCUT2D eigenvalue weighted by atomic mass is 16.5. The summed E-state index contributed by atoms with van der Waals surface area (Å²) in [6, 6.07) is 5.48. The van der Waals surface area contributed by atoms with Crippen LogP contribution in [0.15, 0.2) is 23.0 Å². The van der Waals surface area contributed by atoms with E-state index in [0.717, 1.165) is 29.6 Å². The number of ether oxygens (including phenoxy) is 1. The van der Waals surface area contributed by atoms with Crippen LogP contribution in [0.2, 0.25) is 0 Å². The maximum absolute atomic E-state index is 11.0. The first-order valence-corrected chi connectivity index (χ1v) is 5.34. The van der Waals surface area contributed by atoms with Crippen molar-refractivity contribution in [2.45, 2.75) is 12.8 Å².